The third-order valence-corrected chi connectivity index (χ3v) is 9.32. The van der Waals surface area contributed by atoms with Gasteiger partial charge in [0.15, 0.2) is 0 Å². The maximum atomic E-state index is 13.4. The van der Waals surface area contributed by atoms with Crippen molar-refractivity contribution in [2.24, 2.45) is 0 Å². The molecular weight excluding hydrogens is 558 g/mol. The van der Waals surface area contributed by atoms with Crippen molar-refractivity contribution in [3.8, 4) is 0 Å². The highest BCUT2D eigenvalue weighted by Gasteiger charge is 2.50. The molecule has 2 atom stereocenters. The number of rotatable bonds is 5. The van der Waals surface area contributed by atoms with Crippen LogP contribution in [0.3, 0.4) is 0 Å². The first-order chi connectivity index (χ1) is 16.5. The average Bonchev–Trinajstić information content (AvgIpc) is 2.77. The summed E-state index contributed by atoms with van der Waals surface area (Å²) < 4.78 is 103. The van der Waals surface area contributed by atoms with Crippen LogP contribution >= 0.6 is 11.6 Å². The average molecular weight is 580 g/mol. The number of likely N-dealkylation sites (N-methyl/N-ethyl adjacent to an activating group) is 1. The Balaban J connectivity index is 1.65. The number of alkyl halides is 3. The van der Waals surface area contributed by atoms with E-state index in [1.807, 2.05) is 0 Å². The van der Waals surface area contributed by atoms with Gasteiger partial charge in [-0.25, -0.2) is 12.8 Å². The van der Waals surface area contributed by atoms with Crippen LogP contribution in [0, 0.1) is 5.82 Å². The van der Waals surface area contributed by atoms with Gasteiger partial charge in [0.1, 0.15) is 17.9 Å². The number of piperidine rings is 1. The highest BCUT2D eigenvalue weighted by atomic mass is 35.5. The van der Waals surface area contributed by atoms with Gasteiger partial charge in [-0.2, -0.15) is 34.9 Å². The number of benzene rings is 1. The Morgan fingerprint density at radius 2 is 1.78 bits per heavy atom. The molecule has 0 radical (unpaired) electrons. The number of nitrogens with one attached hydrogen (secondary N) is 3. The van der Waals surface area contributed by atoms with Crippen LogP contribution in [-0.4, -0.2) is 81.0 Å². The molecule has 11 nitrogen and oxygen atoms in total. The second-order valence-corrected chi connectivity index (χ2v) is 12.3. The summed E-state index contributed by atoms with van der Waals surface area (Å²) in [6.45, 7) is -0.978. The van der Waals surface area contributed by atoms with Crippen LogP contribution in [0.4, 0.5) is 23.2 Å². The lowest BCUT2D eigenvalue weighted by Gasteiger charge is -2.37. The van der Waals surface area contributed by atoms with Gasteiger partial charge in [0.05, 0.1) is 5.02 Å². The number of anilines is 1. The Morgan fingerprint density at radius 3 is 2.33 bits per heavy atom. The molecule has 36 heavy (non-hydrogen) atoms. The molecule has 1 aromatic carbocycles. The predicted molar refractivity (Wildman–Crippen MR) is 120 cm³/mol. The fraction of sp³-hybridized carbons (Fsp3) is 0.556. The molecule has 2 aliphatic rings. The number of carbonyl (C=O) groups excluding carboxylic acids is 2. The molecule has 0 saturated carbocycles. The third-order valence-electron chi connectivity index (χ3n) is 5.81. The maximum absolute atomic E-state index is 13.4. The van der Waals surface area contributed by atoms with Crippen molar-refractivity contribution in [1.29, 1.82) is 0 Å². The molecule has 0 spiro atoms. The lowest BCUT2D eigenvalue weighted by Crippen LogP contribution is -2.63. The number of halogens is 5. The Labute approximate surface area is 209 Å². The first-order valence-corrected chi connectivity index (χ1v) is 13.7. The summed E-state index contributed by atoms with van der Waals surface area (Å²) in [6.07, 6.45) is -0.561. The van der Waals surface area contributed by atoms with Crippen molar-refractivity contribution in [3.05, 3.63) is 29.0 Å². The largest absolute Gasteiger partial charge is 0.511 e. The van der Waals surface area contributed by atoms with E-state index in [4.69, 9.17) is 11.6 Å². The Kier molecular flexibility index (Phi) is 8.22. The van der Waals surface area contributed by atoms with E-state index in [0.29, 0.717) is 0 Å². The molecule has 18 heteroatoms. The van der Waals surface area contributed by atoms with Crippen molar-refractivity contribution in [3.63, 3.8) is 0 Å². The van der Waals surface area contributed by atoms with Gasteiger partial charge in [-0.15, -0.1) is 0 Å². The van der Waals surface area contributed by atoms with Crippen LogP contribution in [-0.2, 0) is 29.8 Å². The van der Waals surface area contributed by atoms with Gasteiger partial charge in [0, 0.05) is 31.9 Å². The quantitative estimate of drug-likeness (QED) is 0.439. The van der Waals surface area contributed by atoms with Gasteiger partial charge in [-0.1, -0.05) is 11.6 Å². The number of hydrogen-bond donors (Lipinski definition) is 3. The second-order valence-electron chi connectivity index (χ2n) is 8.19. The van der Waals surface area contributed by atoms with E-state index in [-0.39, 0.29) is 34.3 Å². The lowest BCUT2D eigenvalue weighted by molar-refractivity contribution is -0.125. The van der Waals surface area contributed by atoms with Crippen LogP contribution in [0.25, 0.3) is 0 Å². The monoisotopic (exact) mass is 579 g/mol. The second kappa shape index (κ2) is 10.4. The van der Waals surface area contributed by atoms with Gasteiger partial charge in [0.2, 0.25) is 11.8 Å². The predicted octanol–water partition coefficient (Wildman–Crippen LogP) is 0.755. The van der Waals surface area contributed by atoms with E-state index in [1.54, 1.807) is 0 Å². The number of carbonyl (C=O) groups is 2. The summed E-state index contributed by atoms with van der Waals surface area (Å²) in [5.41, 5.74) is -5.35. The Morgan fingerprint density at radius 1 is 1.17 bits per heavy atom. The van der Waals surface area contributed by atoms with E-state index in [9.17, 15) is 44.0 Å². The first-order valence-electron chi connectivity index (χ1n) is 10.4. The van der Waals surface area contributed by atoms with Crippen LogP contribution in [0.15, 0.2) is 18.2 Å². The SMILES string of the molecule is CN1C(C(=O)Nc2ccc(F)c(Cl)c2)CC(C(=O)NC2CCN(S(=O)(=O)C(F)(F)F)CC2)NS1(=O)=O. The normalized spacial score (nSPS) is 24.3. The summed E-state index contributed by atoms with van der Waals surface area (Å²) in [5, 5.41) is 4.63. The zero-order valence-corrected chi connectivity index (χ0v) is 20.9. The lowest BCUT2D eigenvalue weighted by atomic mass is 10.0. The van der Waals surface area contributed by atoms with Gasteiger partial charge < -0.3 is 10.6 Å². The molecular formula is C18H22ClF4N5O6S2. The smallest absolute Gasteiger partial charge is 0.352 e. The molecule has 2 heterocycles. The Bertz CT molecular complexity index is 1240. The molecule has 2 aliphatic heterocycles. The Hall–Kier alpha value is -2.05. The van der Waals surface area contributed by atoms with Gasteiger partial charge in [0.25, 0.3) is 10.2 Å². The maximum Gasteiger partial charge on any atom is 0.511 e. The van der Waals surface area contributed by atoms with Crippen molar-refractivity contribution in [2.45, 2.75) is 42.9 Å². The van der Waals surface area contributed by atoms with Crippen LogP contribution in [0.2, 0.25) is 5.02 Å². The minimum atomic E-state index is -5.49. The van der Waals surface area contributed by atoms with Gasteiger partial charge in [-0.05, 0) is 37.5 Å². The zero-order chi connectivity index (χ0) is 27.1. The molecule has 0 bridgehead atoms. The molecule has 2 amide bonds. The molecule has 202 valence electrons. The third kappa shape index (κ3) is 6.08. The van der Waals surface area contributed by atoms with E-state index in [1.165, 1.54) is 6.07 Å². The summed E-state index contributed by atoms with van der Waals surface area (Å²) >= 11 is 5.68. The highest BCUT2D eigenvalue weighted by molar-refractivity contribution is 7.90. The van der Waals surface area contributed by atoms with E-state index >= 15 is 0 Å². The van der Waals surface area contributed by atoms with Crippen molar-refractivity contribution in [1.82, 2.24) is 18.6 Å². The molecule has 2 saturated heterocycles. The molecule has 3 rings (SSSR count). The zero-order valence-electron chi connectivity index (χ0n) is 18.5. The molecule has 0 aliphatic carbocycles. The molecule has 1 aromatic rings. The standard InChI is InChI=1S/C18H22ClF4N5O6S2/c1-27-15(17(30)25-11-2-3-13(20)12(19)8-11)9-14(26-36(27,33)34)16(29)24-10-4-6-28(7-5-10)35(31,32)18(21,22)23/h2-3,8,10,14-15,26H,4-7,9H2,1H3,(H,24,29)(H,25,30). The van der Waals surface area contributed by atoms with Crippen LogP contribution < -0.4 is 15.4 Å². The topological polar surface area (TPSA) is 145 Å². The fourth-order valence-corrected chi connectivity index (χ4v) is 6.18. The first kappa shape index (κ1) is 28.5. The minimum absolute atomic E-state index is 0.0947. The molecule has 3 N–H and O–H groups in total. The number of hydrogen-bond acceptors (Lipinski definition) is 6. The molecule has 2 fully saturated rings. The van der Waals surface area contributed by atoms with E-state index in [2.05, 4.69) is 15.4 Å². The van der Waals surface area contributed by atoms with Crippen molar-refractivity contribution in [2.75, 3.05) is 25.5 Å². The van der Waals surface area contributed by atoms with Gasteiger partial charge in [-0.3, -0.25) is 9.59 Å². The van der Waals surface area contributed by atoms with Crippen molar-refractivity contribution >= 4 is 49.3 Å². The highest BCUT2D eigenvalue weighted by Crippen LogP contribution is 2.29. The summed E-state index contributed by atoms with van der Waals surface area (Å²) in [5.74, 6) is -2.37. The van der Waals surface area contributed by atoms with Crippen molar-refractivity contribution < 1.29 is 44.0 Å². The van der Waals surface area contributed by atoms with Crippen LogP contribution in [0.5, 0.6) is 0 Å². The van der Waals surface area contributed by atoms with Gasteiger partial charge >= 0.3 is 15.5 Å². The minimum Gasteiger partial charge on any atom is -0.352 e. The van der Waals surface area contributed by atoms with E-state index in [0.717, 1.165) is 23.5 Å². The fourth-order valence-electron chi connectivity index (χ4n) is 3.77. The van der Waals surface area contributed by atoms with E-state index < -0.39 is 74.6 Å². The summed E-state index contributed by atoms with van der Waals surface area (Å²) in [7, 11) is -8.65. The van der Waals surface area contributed by atoms with Crippen LogP contribution in [0.1, 0.15) is 19.3 Å². The molecule has 2 unspecified atom stereocenters. The number of sulfonamides is 1. The number of nitrogens with zero attached hydrogens (tertiary/aromatic N) is 2. The summed E-state index contributed by atoms with van der Waals surface area (Å²) in [6, 6.07) is -0.104. The summed E-state index contributed by atoms with van der Waals surface area (Å²) in [4.78, 5) is 25.5. The molecule has 0 aromatic heterocycles. The number of amides is 2.